The summed E-state index contributed by atoms with van der Waals surface area (Å²) in [5.74, 6) is -3.56. The number of hydrogen-bond donors (Lipinski definition) is 2. The molecule has 190 valence electrons. The number of nitrogens with two attached hydrogens (primary N) is 1. The van der Waals surface area contributed by atoms with E-state index < -0.39 is 30.2 Å². The zero-order valence-electron chi connectivity index (χ0n) is 19.5. The number of alkyl halides is 3. The Morgan fingerprint density at radius 1 is 0.973 bits per heavy atom. The molecule has 0 aliphatic carbocycles. The molecule has 0 bridgehead atoms. The standard InChI is InChI=1S/C26H21F3N4O4/c1-33-22(35)25(32-24(33)30,18-7-3-2-4-8-18)19-9-5-6-17(14-19)16-10-12-20(13-11-16)31-21(34)15-37-23(36)26(27,28)29/h2-14H,15H2,1H3,(H2,30,32)(H,31,34). The largest absolute Gasteiger partial charge is 0.490 e. The highest BCUT2D eigenvalue weighted by atomic mass is 19.4. The number of benzene rings is 3. The molecule has 4 rings (SSSR count). The van der Waals surface area contributed by atoms with Gasteiger partial charge in [-0.2, -0.15) is 13.2 Å². The monoisotopic (exact) mass is 510 g/mol. The van der Waals surface area contributed by atoms with Gasteiger partial charge in [0.25, 0.3) is 11.8 Å². The van der Waals surface area contributed by atoms with E-state index in [1.807, 2.05) is 42.5 Å². The van der Waals surface area contributed by atoms with Gasteiger partial charge in [-0.1, -0.05) is 60.7 Å². The molecule has 1 aliphatic rings. The zero-order valence-corrected chi connectivity index (χ0v) is 19.5. The molecule has 1 unspecified atom stereocenters. The van der Waals surface area contributed by atoms with E-state index in [9.17, 15) is 27.6 Å². The van der Waals surface area contributed by atoms with Crippen molar-refractivity contribution in [3.63, 3.8) is 0 Å². The number of rotatable bonds is 6. The number of nitrogens with one attached hydrogen (secondary N) is 1. The van der Waals surface area contributed by atoms with E-state index in [2.05, 4.69) is 15.0 Å². The molecule has 1 atom stereocenters. The number of halogens is 3. The highest BCUT2D eigenvalue weighted by Crippen LogP contribution is 2.40. The lowest BCUT2D eigenvalue weighted by atomic mass is 9.82. The number of aliphatic imine (C=N–C) groups is 1. The molecule has 0 spiro atoms. The minimum atomic E-state index is -5.18. The van der Waals surface area contributed by atoms with Gasteiger partial charge in [-0.3, -0.25) is 14.5 Å². The molecule has 3 aromatic rings. The van der Waals surface area contributed by atoms with Crippen LogP contribution in [0.5, 0.6) is 0 Å². The van der Waals surface area contributed by atoms with Crippen LogP contribution in [0, 0.1) is 0 Å². The van der Waals surface area contributed by atoms with E-state index in [0.29, 0.717) is 16.8 Å². The average Bonchev–Trinajstić information content (AvgIpc) is 3.12. The molecule has 0 aromatic heterocycles. The first-order valence-electron chi connectivity index (χ1n) is 11.0. The maximum atomic E-state index is 13.4. The Bertz CT molecular complexity index is 1370. The van der Waals surface area contributed by atoms with Crippen molar-refractivity contribution in [1.82, 2.24) is 4.90 Å². The number of likely N-dealkylation sites (N-methyl/N-ethyl adjacent to an activating group) is 1. The summed E-state index contributed by atoms with van der Waals surface area (Å²) in [5.41, 5.74) is 7.72. The van der Waals surface area contributed by atoms with Gasteiger partial charge in [0, 0.05) is 12.7 Å². The SMILES string of the molecule is CN1C(=O)C(c2ccccc2)(c2cccc(-c3ccc(NC(=O)COC(=O)C(F)(F)F)cc3)c2)N=C1N. The van der Waals surface area contributed by atoms with Crippen LogP contribution in [-0.2, 0) is 24.7 Å². The van der Waals surface area contributed by atoms with Crippen LogP contribution in [0.1, 0.15) is 11.1 Å². The van der Waals surface area contributed by atoms with Crippen LogP contribution in [0.25, 0.3) is 11.1 Å². The second kappa shape index (κ2) is 9.76. The minimum absolute atomic E-state index is 0.0975. The van der Waals surface area contributed by atoms with Crippen LogP contribution in [0.4, 0.5) is 18.9 Å². The molecule has 0 radical (unpaired) electrons. The van der Waals surface area contributed by atoms with Crippen LogP contribution < -0.4 is 11.1 Å². The van der Waals surface area contributed by atoms with Crippen LogP contribution in [0.2, 0.25) is 0 Å². The zero-order chi connectivity index (χ0) is 26.8. The fraction of sp³-hybridized carbons (Fsp3) is 0.154. The number of carbonyl (C=O) groups is 3. The Kier molecular flexibility index (Phi) is 6.71. The second-order valence-corrected chi connectivity index (χ2v) is 8.19. The van der Waals surface area contributed by atoms with E-state index in [1.165, 1.54) is 4.90 Å². The van der Waals surface area contributed by atoms with Gasteiger partial charge in [0.2, 0.25) is 0 Å². The molecule has 3 N–H and O–H groups in total. The first kappa shape index (κ1) is 25.4. The van der Waals surface area contributed by atoms with E-state index in [4.69, 9.17) is 5.73 Å². The van der Waals surface area contributed by atoms with Crippen molar-refractivity contribution in [2.45, 2.75) is 11.7 Å². The fourth-order valence-electron chi connectivity index (χ4n) is 3.94. The van der Waals surface area contributed by atoms with Crippen molar-refractivity contribution in [2.24, 2.45) is 10.7 Å². The number of anilines is 1. The first-order chi connectivity index (χ1) is 17.5. The molecule has 0 saturated heterocycles. The smallest absolute Gasteiger partial charge is 0.449 e. The molecular formula is C26H21F3N4O4. The molecule has 11 heteroatoms. The van der Waals surface area contributed by atoms with Gasteiger partial charge < -0.3 is 15.8 Å². The van der Waals surface area contributed by atoms with Gasteiger partial charge in [-0.25, -0.2) is 9.79 Å². The maximum absolute atomic E-state index is 13.4. The second-order valence-electron chi connectivity index (χ2n) is 8.19. The minimum Gasteiger partial charge on any atom is -0.449 e. The van der Waals surface area contributed by atoms with Gasteiger partial charge in [0.15, 0.2) is 18.1 Å². The summed E-state index contributed by atoms with van der Waals surface area (Å²) in [4.78, 5) is 41.8. The predicted molar refractivity (Wildman–Crippen MR) is 129 cm³/mol. The van der Waals surface area contributed by atoms with Crippen molar-refractivity contribution >= 4 is 29.4 Å². The van der Waals surface area contributed by atoms with Crippen molar-refractivity contribution in [3.05, 3.63) is 90.0 Å². The molecule has 0 fully saturated rings. The fourth-order valence-corrected chi connectivity index (χ4v) is 3.94. The maximum Gasteiger partial charge on any atom is 0.490 e. The highest BCUT2D eigenvalue weighted by Gasteiger charge is 2.49. The Morgan fingerprint density at radius 3 is 2.22 bits per heavy atom. The van der Waals surface area contributed by atoms with Crippen LogP contribution in [-0.4, -0.2) is 48.5 Å². The molecule has 8 nitrogen and oxygen atoms in total. The average molecular weight is 510 g/mol. The van der Waals surface area contributed by atoms with Gasteiger partial charge in [-0.15, -0.1) is 0 Å². The van der Waals surface area contributed by atoms with Crippen molar-refractivity contribution < 1.29 is 32.3 Å². The van der Waals surface area contributed by atoms with E-state index in [0.717, 1.165) is 11.1 Å². The molecular weight excluding hydrogens is 489 g/mol. The first-order valence-corrected chi connectivity index (χ1v) is 11.0. The third-order valence-electron chi connectivity index (χ3n) is 5.78. The quantitative estimate of drug-likeness (QED) is 0.494. The number of guanidine groups is 1. The van der Waals surface area contributed by atoms with Crippen molar-refractivity contribution in [2.75, 3.05) is 19.0 Å². The summed E-state index contributed by atoms with van der Waals surface area (Å²) in [6.07, 6.45) is -5.18. The summed E-state index contributed by atoms with van der Waals surface area (Å²) in [5, 5.41) is 2.36. The number of amides is 2. The Balaban J connectivity index is 1.57. The molecule has 0 saturated carbocycles. The van der Waals surface area contributed by atoms with Gasteiger partial charge >= 0.3 is 12.1 Å². The van der Waals surface area contributed by atoms with Crippen LogP contribution >= 0.6 is 0 Å². The summed E-state index contributed by atoms with van der Waals surface area (Å²) in [6, 6.07) is 22.8. The van der Waals surface area contributed by atoms with Gasteiger partial charge in [-0.05, 0) is 40.5 Å². The Labute approximate surface area is 209 Å². The lowest BCUT2D eigenvalue weighted by molar-refractivity contribution is -0.199. The topological polar surface area (TPSA) is 114 Å². The molecule has 1 heterocycles. The number of carbonyl (C=O) groups excluding carboxylic acids is 3. The predicted octanol–water partition coefficient (Wildman–Crippen LogP) is 3.43. The summed E-state index contributed by atoms with van der Waals surface area (Å²) in [7, 11) is 1.56. The van der Waals surface area contributed by atoms with Gasteiger partial charge in [0.1, 0.15) is 0 Å². The lowest BCUT2D eigenvalue weighted by Crippen LogP contribution is -2.41. The number of esters is 1. The van der Waals surface area contributed by atoms with E-state index >= 15 is 0 Å². The van der Waals surface area contributed by atoms with Crippen molar-refractivity contribution in [3.8, 4) is 11.1 Å². The molecule has 37 heavy (non-hydrogen) atoms. The van der Waals surface area contributed by atoms with Crippen molar-refractivity contribution in [1.29, 1.82) is 0 Å². The summed E-state index contributed by atoms with van der Waals surface area (Å²) >= 11 is 0. The highest BCUT2D eigenvalue weighted by molar-refractivity contribution is 6.09. The van der Waals surface area contributed by atoms with E-state index in [-0.39, 0.29) is 11.9 Å². The third kappa shape index (κ3) is 5.01. The normalized spacial score (nSPS) is 17.4. The van der Waals surface area contributed by atoms with Crippen LogP contribution in [0.15, 0.2) is 83.9 Å². The number of hydrogen-bond acceptors (Lipinski definition) is 6. The number of ether oxygens (including phenoxy) is 1. The summed E-state index contributed by atoms with van der Waals surface area (Å²) < 4.78 is 40.5. The molecule has 2 amide bonds. The number of nitrogens with zero attached hydrogens (tertiary/aromatic N) is 2. The molecule has 1 aliphatic heterocycles. The Morgan fingerprint density at radius 2 is 1.62 bits per heavy atom. The lowest BCUT2D eigenvalue weighted by Gasteiger charge is -2.26. The Hall–Kier alpha value is -4.67. The van der Waals surface area contributed by atoms with E-state index in [1.54, 1.807) is 43.4 Å². The summed E-state index contributed by atoms with van der Waals surface area (Å²) in [6.45, 7) is -1.07. The van der Waals surface area contributed by atoms with Crippen LogP contribution in [0.3, 0.4) is 0 Å². The van der Waals surface area contributed by atoms with Gasteiger partial charge in [0.05, 0.1) is 0 Å². The third-order valence-corrected chi connectivity index (χ3v) is 5.78. The molecule has 3 aromatic carbocycles.